The lowest BCUT2D eigenvalue weighted by molar-refractivity contribution is -0.385. The third-order valence-corrected chi connectivity index (χ3v) is 5.39. The standard InChI is InChI=1S/C26H21N3O8/c1-3-35-24-13-18(7-11-23(24)36-15-17-5-9-20(10-6-17)28(31)32)12-21-26(30)37-25(27-21)19-8-4-16(2)22(14-19)29(33)34/h4-14H,3,15H2,1-2H3/b21-12-. The topological polar surface area (TPSA) is 143 Å². The number of benzene rings is 3. The Hall–Kier alpha value is -5.06. The monoisotopic (exact) mass is 503 g/mol. The van der Waals surface area contributed by atoms with Crippen LogP contribution < -0.4 is 9.47 Å². The number of rotatable bonds is 9. The van der Waals surface area contributed by atoms with Crippen LogP contribution in [0, 0.1) is 27.2 Å². The van der Waals surface area contributed by atoms with E-state index < -0.39 is 15.8 Å². The van der Waals surface area contributed by atoms with E-state index in [1.54, 1.807) is 49.4 Å². The Morgan fingerprint density at radius 2 is 1.70 bits per heavy atom. The Morgan fingerprint density at radius 1 is 0.946 bits per heavy atom. The molecule has 0 radical (unpaired) electrons. The van der Waals surface area contributed by atoms with Gasteiger partial charge in [-0.2, -0.15) is 0 Å². The molecule has 0 spiro atoms. The van der Waals surface area contributed by atoms with Crippen LogP contribution in [0.15, 0.2) is 71.4 Å². The van der Waals surface area contributed by atoms with E-state index in [4.69, 9.17) is 14.2 Å². The van der Waals surface area contributed by atoms with Gasteiger partial charge in [-0.15, -0.1) is 0 Å². The largest absolute Gasteiger partial charge is 0.490 e. The molecule has 4 rings (SSSR count). The molecule has 0 aliphatic carbocycles. The molecule has 0 aromatic heterocycles. The summed E-state index contributed by atoms with van der Waals surface area (Å²) in [6, 6.07) is 15.6. The van der Waals surface area contributed by atoms with Crippen LogP contribution in [-0.2, 0) is 16.1 Å². The van der Waals surface area contributed by atoms with E-state index in [-0.39, 0.29) is 29.6 Å². The Morgan fingerprint density at radius 3 is 2.38 bits per heavy atom. The van der Waals surface area contributed by atoms with Gasteiger partial charge in [0.1, 0.15) is 6.61 Å². The molecule has 188 valence electrons. The van der Waals surface area contributed by atoms with Crippen molar-refractivity contribution < 1.29 is 28.9 Å². The molecule has 0 saturated heterocycles. The number of nitro benzene ring substituents is 2. The van der Waals surface area contributed by atoms with Crippen LogP contribution in [0.3, 0.4) is 0 Å². The van der Waals surface area contributed by atoms with Crippen LogP contribution in [0.5, 0.6) is 11.5 Å². The lowest BCUT2D eigenvalue weighted by Gasteiger charge is -2.13. The minimum atomic E-state index is -0.685. The zero-order valence-electron chi connectivity index (χ0n) is 19.9. The van der Waals surface area contributed by atoms with Crippen LogP contribution in [0.2, 0.25) is 0 Å². The Balaban J connectivity index is 1.55. The van der Waals surface area contributed by atoms with Gasteiger partial charge < -0.3 is 14.2 Å². The number of nitrogens with zero attached hydrogens (tertiary/aromatic N) is 3. The number of hydrogen-bond donors (Lipinski definition) is 0. The van der Waals surface area contributed by atoms with Crippen molar-refractivity contribution in [3.63, 3.8) is 0 Å². The summed E-state index contributed by atoms with van der Waals surface area (Å²) in [5, 5.41) is 22.1. The molecule has 11 heteroatoms. The quantitative estimate of drug-likeness (QED) is 0.169. The van der Waals surface area contributed by atoms with Crippen molar-refractivity contribution in [2.75, 3.05) is 6.61 Å². The molecule has 0 N–H and O–H groups in total. The number of esters is 1. The summed E-state index contributed by atoms with van der Waals surface area (Å²) in [5.41, 5.74) is 2.06. The molecule has 3 aromatic rings. The summed E-state index contributed by atoms with van der Waals surface area (Å²) >= 11 is 0. The van der Waals surface area contributed by atoms with Crippen molar-refractivity contribution in [2.24, 2.45) is 4.99 Å². The number of ether oxygens (including phenoxy) is 3. The van der Waals surface area contributed by atoms with Gasteiger partial charge in [-0.05, 0) is 61.4 Å². The molecule has 0 saturated carbocycles. The zero-order valence-corrected chi connectivity index (χ0v) is 19.9. The first kappa shape index (κ1) is 25.0. The van der Waals surface area contributed by atoms with E-state index in [0.717, 1.165) is 5.56 Å². The predicted molar refractivity (Wildman–Crippen MR) is 133 cm³/mol. The van der Waals surface area contributed by atoms with Gasteiger partial charge in [0, 0.05) is 29.3 Å². The fourth-order valence-corrected chi connectivity index (χ4v) is 3.51. The zero-order chi connectivity index (χ0) is 26.5. The average Bonchev–Trinajstić information content (AvgIpc) is 3.24. The lowest BCUT2D eigenvalue weighted by Crippen LogP contribution is -2.06. The van der Waals surface area contributed by atoms with Crippen molar-refractivity contribution >= 4 is 29.3 Å². The molecular weight excluding hydrogens is 482 g/mol. The van der Waals surface area contributed by atoms with Gasteiger partial charge in [-0.3, -0.25) is 20.2 Å². The van der Waals surface area contributed by atoms with Gasteiger partial charge in [0.2, 0.25) is 5.90 Å². The van der Waals surface area contributed by atoms with E-state index in [2.05, 4.69) is 4.99 Å². The summed E-state index contributed by atoms with van der Waals surface area (Å²) in [4.78, 5) is 37.7. The maximum Gasteiger partial charge on any atom is 0.363 e. The molecule has 0 unspecified atom stereocenters. The molecule has 1 aliphatic heterocycles. The maximum atomic E-state index is 12.4. The van der Waals surface area contributed by atoms with Crippen molar-refractivity contribution in [1.82, 2.24) is 0 Å². The highest BCUT2D eigenvalue weighted by Gasteiger charge is 2.26. The van der Waals surface area contributed by atoms with Crippen LogP contribution in [0.1, 0.15) is 29.2 Å². The van der Waals surface area contributed by atoms with Crippen LogP contribution in [-0.4, -0.2) is 28.3 Å². The molecule has 1 heterocycles. The number of aliphatic imine (C=N–C) groups is 1. The number of carbonyl (C=O) groups excluding carboxylic acids is 1. The molecule has 0 bridgehead atoms. The van der Waals surface area contributed by atoms with Gasteiger partial charge in [-0.1, -0.05) is 12.1 Å². The first-order valence-corrected chi connectivity index (χ1v) is 11.2. The molecule has 0 atom stereocenters. The van der Waals surface area contributed by atoms with Crippen molar-refractivity contribution in [2.45, 2.75) is 20.5 Å². The summed E-state index contributed by atoms with van der Waals surface area (Å²) in [6.07, 6.45) is 1.51. The van der Waals surface area contributed by atoms with E-state index in [1.807, 2.05) is 6.92 Å². The molecule has 0 fully saturated rings. The average molecular weight is 503 g/mol. The van der Waals surface area contributed by atoms with Gasteiger partial charge in [0.15, 0.2) is 17.2 Å². The number of carbonyl (C=O) groups is 1. The smallest absolute Gasteiger partial charge is 0.363 e. The van der Waals surface area contributed by atoms with Crippen LogP contribution >= 0.6 is 0 Å². The molecule has 1 aliphatic rings. The number of nitro groups is 2. The number of cyclic esters (lactones) is 1. The second kappa shape index (κ2) is 10.7. The third-order valence-electron chi connectivity index (χ3n) is 5.39. The minimum absolute atomic E-state index is 0.00648. The highest BCUT2D eigenvalue weighted by atomic mass is 16.6. The predicted octanol–water partition coefficient (Wildman–Crippen LogP) is 5.13. The fraction of sp³-hybridized carbons (Fsp3) is 0.154. The summed E-state index contributed by atoms with van der Waals surface area (Å²) in [5.74, 6) is 0.179. The highest BCUT2D eigenvalue weighted by molar-refractivity contribution is 6.13. The summed E-state index contributed by atoms with van der Waals surface area (Å²) in [6.45, 7) is 3.97. The molecule has 11 nitrogen and oxygen atoms in total. The van der Waals surface area contributed by atoms with Gasteiger partial charge in [0.05, 0.1) is 16.5 Å². The minimum Gasteiger partial charge on any atom is -0.490 e. The molecule has 0 amide bonds. The second-order valence-electron chi connectivity index (χ2n) is 7.95. The van der Waals surface area contributed by atoms with E-state index in [1.165, 1.54) is 24.3 Å². The van der Waals surface area contributed by atoms with Crippen LogP contribution in [0.4, 0.5) is 11.4 Å². The van der Waals surface area contributed by atoms with Crippen LogP contribution in [0.25, 0.3) is 6.08 Å². The number of hydrogen-bond acceptors (Lipinski definition) is 9. The number of non-ortho nitro benzene ring substituents is 1. The van der Waals surface area contributed by atoms with E-state index >= 15 is 0 Å². The fourth-order valence-electron chi connectivity index (χ4n) is 3.51. The molecule has 3 aromatic carbocycles. The summed E-state index contributed by atoms with van der Waals surface area (Å²) < 4.78 is 16.8. The van der Waals surface area contributed by atoms with E-state index in [9.17, 15) is 25.0 Å². The van der Waals surface area contributed by atoms with E-state index in [0.29, 0.717) is 34.8 Å². The SMILES string of the molecule is CCOc1cc(/C=C2\N=C(c3ccc(C)c([N+](=O)[O-])c3)OC2=O)ccc1OCc1ccc([N+](=O)[O-])cc1. The van der Waals surface area contributed by atoms with Gasteiger partial charge in [0.25, 0.3) is 11.4 Å². The van der Waals surface area contributed by atoms with Crippen molar-refractivity contribution in [3.8, 4) is 11.5 Å². The third kappa shape index (κ3) is 5.78. The second-order valence-corrected chi connectivity index (χ2v) is 7.95. The maximum absolute atomic E-state index is 12.4. The van der Waals surface area contributed by atoms with Gasteiger partial charge in [-0.25, -0.2) is 9.79 Å². The summed E-state index contributed by atoms with van der Waals surface area (Å²) in [7, 11) is 0. The normalized spacial score (nSPS) is 13.7. The Kier molecular flexibility index (Phi) is 7.23. The lowest BCUT2D eigenvalue weighted by atomic mass is 10.1. The number of aryl methyl sites for hydroxylation is 1. The molecular formula is C26H21N3O8. The van der Waals surface area contributed by atoms with Crippen molar-refractivity contribution in [1.29, 1.82) is 0 Å². The van der Waals surface area contributed by atoms with Gasteiger partial charge >= 0.3 is 5.97 Å². The molecule has 37 heavy (non-hydrogen) atoms. The Bertz CT molecular complexity index is 1440. The highest BCUT2D eigenvalue weighted by Crippen LogP contribution is 2.31. The first-order valence-electron chi connectivity index (χ1n) is 11.2. The first-order chi connectivity index (χ1) is 17.7. The van der Waals surface area contributed by atoms with Crippen molar-refractivity contribution in [3.05, 3.63) is 109 Å². The Labute approximate surface area is 210 Å².